The van der Waals surface area contributed by atoms with Crippen LogP contribution in [0.5, 0.6) is 17.2 Å². The lowest BCUT2D eigenvalue weighted by atomic mass is 10.1. The maximum Gasteiger partial charge on any atom is 0.231 e. The van der Waals surface area contributed by atoms with Gasteiger partial charge >= 0.3 is 0 Å². The fourth-order valence-corrected chi connectivity index (χ4v) is 1.77. The van der Waals surface area contributed by atoms with Crippen molar-refractivity contribution >= 4 is 5.88 Å². The normalized spacial score (nSPS) is 12.8. The van der Waals surface area contributed by atoms with Crippen LogP contribution in [0, 0.1) is 0 Å². The summed E-state index contributed by atoms with van der Waals surface area (Å²) in [5, 5.41) is 3.84. The summed E-state index contributed by atoms with van der Waals surface area (Å²) in [5.74, 6) is 2.04. The Morgan fingerprint density at radius 2 is 2.24 bits per heavy atom. The molecule has 0 saturated carbocycles. The predicted octanol–water partition coefficient (Wildman–Crippen LogP) is 1.66. The molecule has 88 valence electrons. The number of aromatic nitrogens is 1. The molecule has 0 saturated heterocycles. The highest BCUT2D eigenvalue weighted by atomic mass is 16.7. The number of benzene rings is 1. The fourth-order valence-electron chi connectivity index (χ4n) is 1.77. The van der Waals surface area contributed by atoms with Crippen LogP contribution in [-0.2, 0) is 0 Å². The second-order valence-electron chi connectivity index (χ2n) is 3.49. The van der Waals surface area contributed by atoms with Crippen LogP contribution in [0.15, 0.2) is 22.7 Å². The van der Waals surface area contributed by atoms with Gasteiger partial charge in [0.15, 0.2) is 11.5 Å². The second-order valence-corrected chi connectivity index (χ2v) is 3.49. The largest absolute Gasteiger partial charge is 0.492 e. The van der Waals surface area contributed by atoms with Crippen LogP contribution in [0.4, 0.5) is 5.88 Å². The average Bonchev–Trinajstić information content (AvgIpc) is 2.95. The standard InChI is InChI=1S/C11H10N2O4/c1-14-10-6(7-4-9(12)17-13-7)2-3-8-11(10)16-5-15-8/h2-4H,5,12H2,1H3. The van der Waals surface area contributed by atoms with Crippen molar-refractivity contribution in [3.8, 4) is 28.5 Å². The Morgan fingerprint density at radius 3 is 2.94 bits per heavy atom. The number of hydrogen-bond donors (Lipinski definition) is 1. The molecule has 1 aromatic carbocycles. The molecule has 0 bridgehead atoms. The van der Waals surface area contributed by atoms with E-state index in [9.17, 15) is 0 Å². The van der Waals surface area contributed by atoms with Gasteiger partial charge in [0.25, 0.3) is 0 Å². The maximum absolute atomic E-state index is 5.49. The lowest BCUT2D eigenvalue weighted by molar-refractivity contribution is 0.171. The van der Waals surface area contributed by atoms with Crippen molar-refractivity contribution in [2.24, 2.45) is 0 Å². The Balaban J connectivity index is 2.17. The van der Waals surface area contributed by atoms with Gasteiger partial charge in [0.05, 0.1) is 12.7 Å². The lowest BCUT2D eigenvalue weighted by Gasteiger charge is -2.08. The summed E-state index contributed by atoms with van der Waals surface area (Å²) < 4.78 is 20.8. The summed E-state index contributed by atoms with van der Waals surface area (Å²) in [7, 11) is 1.56. The topological polar surface area (TPSA) is 79.7 Å². The highest BCUT2D eigenvalue weighted by Gasteiger charge is 2.23. The molecule has 1 aliphatic heterocycles. The maximum atomic E-state index is 5.49. The third-order valence-electron chi connectivity index (χ3n) is 2.50. The quantitative estimate of drug-likeness (QED) is 0.851. The Labute approximate surface area is 96.9 Å². The van der Waals surface area contributed by atoms with Gasteiger partial charge in [0.1, 0.15) is 5.69 Å². The number of ether oxygens (including phenoxy) is 3. The van der Waals surface area contributed by atoms with Gasteiger partial charge in [-0.1, -0.05) is 5.16 Å². The third-order valence-corrected chi connectivity index (χ3v) is 2.50. The first-order valence-electron chi connectivity index (χ1n) is 4.98. The Hall–Kier alpha value is -2.37. The Bertz CT molecular complexity index is 565. The number of hydrogen-bond acceptors (Lipinski definition) is 6. The van der Waals surface area contributed by atoms with Crippen molar-refractivity contribution in [1.82, 2.24) is 5.16 Å². The van der Waals surface area contributed by atoms with Gasteiger partial charge in [-0.25, -0.2) is 0 Å². The molecule has 0 spiro atoms. The fraction of sp³-hybridized carbons (Fsp3) is 0.182. The van der Waals surface area contributed by atoms with E-state index in [0.717, 1.165) is 5.56 Å². The third kappa shape index (κ3) is 1.45. The highest BCUT2D eigenvalue weighted by molar-refractivity contribution is 5.75. The van der Waals surface area contributed by atoms with E-state index in [1.54, 1.807) is 19.2 Å². The van der Waals surface area contributed by atoms with Crippen LogP contribution in [0.25, 0.3) is 11.3 Å². The molecule has 0 unspecified atom stereocenters. The summed E-state index contributed by atoms with van der Waals surface area (Å²) in [4.78, 5) is 0. The molecule has 6 heteroatoms. The molecule has 0 amide bonds. The van der Waals surface area contributed by atoms with Crippen LogP contribution < -0.4 is 19.9 Å². The first kappa shape index (κ1) is 9.83. The molecule has 3 rings (SSSR count). The molecule has 2 heterocycles. The molecule has 2 aromatic rings. The number of nitrogens with two attached hydrogens (primary N) is 1. The minimum atomic E-state index is 0.191. The van der Waals surface area contributed by atoms with Gasteiger partial charge in [-0.3, -0.25) is 0 Å². The van der Waals surface area contributed by atoms with Crippen LogP contribution in [0.2, 0.25) is 0 Å². The Morgan fingerprint density at radius 1 is 1.35 bits per heavy atom. The zero-order chi connectivity index (χ0) is 11.8. The molecule has 6 nitrogen and oxygen atoms in total. The monoisotopic (exact) mass is 234 g/mol. The summed E-state index contributed by atoms with van der Waals surface area (Å²) in [6.45, 7) is 0.191. The van der Waals surface area contributed by atoms with E-state index in [1.165, 1.54) is 0 Å². The lowest BCUT2D eigenvalue weighted by Crippen LogP contribution is -1.94. The Kier molecular flexibility index (Phi) is 2.07. The summed E-state index contributed by atoms with van der Waals surface area (Å²) in [6.07, 6.45) is 0. The molecule has 17 heavy (non-hydrogen) atoms. The first-order valence-corrected chi connectivity index (χ1v) is 4.98. The number of anilines is 1. The minimum absolute atomic E-state index is 0.191. The van der Waals surface area contributed by atoms with E-state index in [4.69, 9.17) is 24.5 Å². The second kappa shape index (κ2) is 3.58. The summed E-state index contributed by atoms with van der Waals surface area (Å²) in [6, 6.07) is 5.24. The van der Waals surface area contributed by atoms with Gasteiger partial charge < -0.3 is 24.5 Å². The van der Waals surface area contributed by atoms with Gasteiger partial charge in [-0.2, -0.15) is 0 Å². The SMILES string of the molecule is COc1c(-c2cc(N)on2)ccc2c1OCO2. The van der Waals surface area contributed by atoms with E-state index in [0.29, 0.717) is 22.9 Å². The van der Waals surface area contributed by atoms with E-state index < -0.39 is 0 Å². The molecule has 1 aromatic heterocycles. The van der Waals surface area contributed by atoms with Crippen molar-refractivity contribution in [3.05, 3.63) is 18.2 Å². The van der Waals surface area contributed by atoms with Crippen LogP contribution in [0.3, 0.4) is 0 Å². The minimum Gasteiger partial charge on any atom is -0.492 e. The van der Waals surface area contributed by atoms with E-state index in [2.05, 4.69) is 5.16 Å². The molecule has 0 fully saturated rings. The smallest absolute Gasteiger partial charge is 0.231 e. The van der Waals surface area contributed by atoms with Crippen molar-refractivity contribution in [2.75, 3.05) is 19.6 Å². The molecule has 0 atom stereocenters. The van der Waals surface area contributed by atoms with E-state index in [1.807, 2.05) is 6.07 Å². The zero-order valence-electron chi connectivity index (χ0n) is 9.10. The number of nitrogens with zero attached hydrogens (tertiary/aromatic N) is 1. The molecule has 0 radical (unpaired) electrons. The van der Waals surface area contributed by atoms with Gasteiger partial charge in [-0.05, 0) is 12.1 Å². The highest BCUT2D eigenvalue weighted by Crippen LogP contribution is 2.46. The van der Waals surface area contributed by atoms with Crippen molar-refractivity contribution in [2.45, 2.75) is 0 Å². The van der Waals surface area contributed by atoms with Crippen LogP contribution in [0.1, 0.15) is 0 Å². The molecular formula is C11H10N2O4. The first-order chi connectivity index (χ1) is 8.29. The number of fused-ring (bicyclic) bond motifs is 1. The summed E-state index contributed by atoms with van der Waals surface area (Å²) in [5.41, 5.74) is 6.84. The average molecular weight is 234 g/mol. The predicted molar refractivity (Wildman–Crippen MR) is 59.0 cm³/mol. The molecular weight excluding hydrogens is 224 g/mol. The van der Waals surface area contributed by atoms with Crippen LogP contribution in [-0.4, -0.2) is 19.1 Å². The summed E-state index contributed by atoms with van der Waals surface area (Å²) >= 11 is 0. The van der Waals surface area contributed by atoms with Crippen molar-refractivity contribution in [1.29, 1.82) is 0 Å². The van der Waals surface area contributed by atoms with Gasteiger partial charge in [-0.15, -0.1) is 0 Å². The number of rotatable bonds is 2. The number of nitrogen functional groups attached to an aromatic ring is 1. The van der Waals surface area contributed by atoms with Crippen LogP contribution >= 0.6 is 0 Å². The van der Waals surface area contributed by atoms with Crippen molar-refractivity contribution in [3.63, 3.8) is 0 Å². The zero-order valence-corrected chi connectivity index (χ0v) is 9.10. The molecule has 1 aliphatic rings. The van der Waals surface area contributed by atoms with E-state index >= 15 is 0 Å². The molecule has 0 aliphatic carbocycles. The van der Waals surface area contributed by atoms with Gasteiger partial charge in [0, 0.05) is 6.07 Å². The molecule has 2 N–H and O–H groups in total. The van der Waals surface area contributed by atoms with Crippen molar-refractivity contribution < 1.29 is 18.7 Å². The van der Waals surface area contributed by atoms with Gasteiger partial charge in [0.2, 0.25) is 18.4 Å². The number of methoxy groups -OCH3 is 1. The van der Waals surface area contributed by atoms with E-state index in [-0.39, 0.29) is 12.7 Å².